The van der Waals surface area contributed by atoms with Crippen LogP contribution in [0.1, 0.15) is 20.8 Å². The highest BCUT2D eigenvalue weighted by molar-refractivity contribution is 7.89. The van der Waals surface area contributed by atoms with Gasteiger partial charge in [0.05, 0.1) is 6.61 Å². The van der Waals surface area contributed by atoms with Crippen molar-refractivity contribution in [2.45, 2.75) is 25.7 Å². The van der Waals surface area contributed by atoms with E-state index in [1.165, 1.54) is 4.31 Å². The summed E-state index contributed by atoms with van der Waals surface area (Å²) in [6, 6.07) is 3.22. The van der Waals surface area contributed by atoms with Crippen LogP contribution < -0.4 is 5.32 Å². The Kier molecular flexibility index (Phi) is 7.07. The number of hydrogen-bond donors (Lipinski definition) is 1. The van der Waals surface area contributed by atoms with Gasteiger partial charge in [0, 0.05) is 32.9 Å². The highest BCUT2D eigenvalue weighted by Crippen LogP contribution is 2.23. The topological polar surface area (TPSA) is 71.5 Å². The molecule has 0 spiro atoms. The van der Waals surface area contributed by atoms with E-state index in [0.717, 1.165) is 0 Å². The van der Waals surface area contributed by atoms with Crippen LogP contribution in [0.4, 0.5) is 5.82 Å². The maximum atomic E-state index is 12.9. The fourth-order valence-corrected chi connectivity index (χ4v) is 3.66. The number of methoxy groups -OCH3 is 1. The minimum atomic E-state index is -3.59. The van der Waals surface area contributed by atoms with Crippen molar-refractivity contribution >= 4 is 15.8 Å². The van der Waals surface area contributed by atoms with E-state index in [1.807, 2.05) is 20.8 Å². The van der Waals surface area contributed by atoms with Crippen molar-refractivity contribution in [1.29, 1.82) is 0 Å². The number of rotatable bonds is 9. The Morgan fingerprint density at radius 1 is 1.43 bits per heavy atom. The van der Waals surface area contributed by atoms with Crippen molar-refractivity contribution in [1.82, 2.24) is 9.29 Å². The molecule has 1 heterocycles. The number of anilines is 1. The summed E-state index contributed by atoms with van der Waals surface area (Å²) in [7, 11) is -2.03. The Morgan fingerprint density at radius 2 is 2.14 bits per heavy atom. The van der Waals surface area contributed by atoms with Crippen LogP contribution in [0.15, 0.2) is 23.2 Å². The van der Waals surface area contributed by atoms with Crippen LogP contribution in [-0.4, -0.2) is 51.1 Å². The molecule has 0 bridgehead atoms. The lowest BCUT2D eigenvalue weighted by atomic mass is 10.2. The number of ether oxygens (including phenoxy) is 1. The third kappa shape index (κ3) is 4.94. The molecule has 1 N–H and O–H groups in total. The van der Waals surface area contributed by atoms with Gasteiger partial charge < -0.3 is 10.1 Å². The van der Waals surface area contributed by atoms with Crippen LogP contribution in [0.3, 0.4) is 0 Å². The summed E-state index contributed by atoms with van der Waals surface area (Å²) in [5.41, 5.74) is 0. The van der Waals surface area contributed by atoms with Crippen LogP contribution in [0.5, 0.6) is 0 Å². The Hall–Kier alpha value is -1.18. The highest BCUT2D eigenvalue weighted by Gasteiger charge is 2.27. The summed E-state index contributed by atoms with van der Waals surface area (Å²) in [4.78, 5) is 4.34. The maximum Gasteiger partial charge on any atom is 0.246 e. The molecule has 0 amide bonds. The fourth-order valence-electron chi connectivity index (χ4n) is 1.95. The molecule has 0 aliphatic heterocycles. The largest absolute Gasteiger partial charge is 0.383 e. The third-order valence-electron chi connectivity index (χ3n) is 2.85. The molecule has 0 saturated heterocycles. The molecule has 1 aromatic heterocycles. The van der Waals surface area contributed by atoms with Gasteiger partial charge in [0.1, 0.15) is 10.7 Å². The van der Waals surface area contributed by atoms with E-state index in [0.29, 0.717) is 32.1 Å². The molecular weight excluding hydrogens is 290 g/mol. The molecule has 120 valence electrons. The molecular formula is C14H25N3O3S. The lowest BCUT2D eigenvalue weighted by Gasteiger charge is -2.24. The van der Waals surface area contributed by atoms with Crippen LogP contribution >= 0.6 is 0 Å². The minimum absolute atomic E-state index is 0.212. The summed E-state index contributed by atoms with van der Waals surface area (Å²) in [5.74, 6) is 0.627. The molecule has 6 nitrogen and oxygen atoms in total. The zero-order valence-electron chi connectivity index (χ0n) is 13.2. The zero-order chi connectivity index (χ0) is 15.9. The summed E-state index contributed by atoms with van der Waals surface area (Å²) < 4.78 is 32.2. The summed E-state index contributed by atoms with van der Waals surface area (Å²) in [6.45, 7) is 7.64. The molecule has 0 atom stereocenters. The maximum absolute atomic E-state index is 12.9. The summed E-state index contributed by atoms with van der Waals surface area (Å²) >= 11 is 0. The van der Waals surface area contributed by atoms with Crippen LogP contribution in [-0.2, 0) is 14.8 Å². The second kappa shape index (κ2) is 8.31. The van der Waals surface area contributed by atoms with Crippen LogP contribution in [0.2, 0.25) is 0 Å². The average Bonchev–Trinajstić information content (AvgIpc) is 2.43. The number of pyridine rings is 1. The van der Waals surface area contributed by atoms with Gasteiger partial charge in [-0.25, -0.2) is 13.4 Å². The SMILES string of the molecule is CCNc1ncccc1S(=O)(=O)N(CCOC)CC(C)C. The van der Waals surface area contributed by atoms with E-state index >= 15 is 0 Å². The van der Waals surface area contributed by atoms with E-state index < -0.39 is 10.0 Å². The van der Waals surface area contributed by atoms with E-state index in [-0.39, 0.29) is 10.8 Å². The third-order valence-corrected chi connectivity index (χ3v) is 4.74. The molecule has 0 fully saturated rings. The standard InChI is InChI=1S/C14H25N3O3S/c1-5-15-14-13(7-6-8-16-14)21(18,19)17(9-10-20-4)11-12(2)3/h6-8,12H,5,9-11H2,1-4H3,(H,15,16). The molecule has 0 aliphatic carbocycles. The van der Waals surface area contributed by atoms with E-state index in [4.69, 9.17) is 4.74 Å². The predicted octanol–water partition coefficient (Wildman–Crippen LogP) is 1.81. The smallest absolute Gasteiger partial charge is 0.246 e. The fraction of sp³-hybridized carbons (Fsp3) is 0.643. The van der Waals surface area contributed by atoms with Gasteiger partial charge in [0.15, 0.2) is 0 Å². The van der Waals surface area contributed by atoms with Gasteiger partial charge in [-0.1, -0.05) is 13.8 Å². The second-order valence-electron chi connectivity index (χ2n) is 5.13. The van der Waals surface area contributed by atoms with E-state index in [1.54, 1.807) is 25.4 Å². The lowest BCUT2D eigenvalue weighted by molar-refractivity contribution is 0.175. The van der Waals surface area contributed by atoms with Crippen molar-refractivity contribution in [3.63, 3.8) is 0 Å². The first kappa shape index (κ1) is 17.9. The Labute approximate surface area is 127 Å². The lowest BCUT2D eigenvalue weighted by Crippen LogP contribution is -2.37. The quantitative estimate of drug-likeness (QED) is 0.752. The molecule has 0 aliphatic rings. The zero-order valence-corrected chi connectivity index (χ0v) is 14.0. The first-order valence-electron chi connectivity index (χ1n) is 7.11. The first-order valence-corrected chi connectivity index (χ1v) is 8.55. The normalized spacial score (nSPS) is 12.1. The number of hydrogen-bond acceptors (Lipinski definition) is 5. The van der Waals surface area contributed by atoms with E-state index in [9.17, 15) is 8.42 Å². The van der Waals surface area contributed by atoms with Gasteiger partial charge in [0.2, 0.25) is 10.0 Å². The van der Waals surface area contributed by atoms with Crippen molar-refractivity contribution in [3.8, 4) is 0 Å². The Balaban J connectivity index is 3.15. The van der Waals surface area contributed by atoms with Gasteiger partial charge in [-0.05, 0) is 25.0 Å². The van der Waals surface area contributed by atoms with Crippen molar-refractivity contribution in [2.24, 2.45) is 5.92 Å². The van der Waals surface area contributed by atoms with Crippen molar-refractivity contribution in [2.75, 3.05) is 38.7 Å². The molecule has 1 aromatic rings. The second-order valence-corrected chi connectivity index (χ2v) is 7.04. The molecule has 1 rings (SSSR count). The van der Waals surface area contributed by atoms with Gasteiger partial charge in [0.25, 0.3) is 0 Å². The number of nitrogens with zero attached hydrogens (tertiary/aromatic N) is 2. The van der Waals surface area contributed by atoms with Crippen LogP contribution in [0, 0.1) is 5.92 Å². The number of aromatic nitrogens is 1. The monoisotopic (exact) mass is 315 g/mol. The van der Waals surface area contributed by atoms with Gasteiger partial charge >= 0.3 is 0 Å². The van der Waals surface area contributed by atoms with Crippen molar-refractivity contribution in [3.05, 3.63) is 18.3 Å². The van der Waals surface area contributed by atoms with Gasteiger partial charge in [-0.2, -0.15) is 4.31 Å². The van der Waals surface area contributed by atoms with Crippen LogP contribution in [0.25, 0.3) is 0 Å². The summed E-state index contributed by atoms with van der Waals surface area (Å²) in [6.07, 6.45) is 1.58. The molecule has 7 heteroatoms. The molecule has 0 unspecified atom stereocenters. The van der Waals surface area contributed by atoms with Gasteiger partial charge in [-0.15, -0.1) is 0 Å². The first-order chi connectivity index (χ1) is 9.93. The van der Waals surface area contributed by atoms with Crippen molar-refractivity contribution < 1.29 is 13.2 Å². The van der Waals surface area contributed by atoms with Gasteiger partial charge in [-0.3, -0.25) is 0 Å². The highest BCUT2D eigenvalue weighted by atomic mass is 32.2. The molecule has 0 saturated carbocycles. The average molecular weight is 315 g/mol. The predicted molar refractivity (Wildman–Crippen MR) is 83.9 cm³/mol. The summed E-state index contributed by atoms with van der Waals surface area (Å²) in [5, 5.41) is 3.00. The number of sulfonamides is 1. The van der Waals surface area contributed by atoms with E-state index in [2.05, 4.69) is 10.3 Å². The minimum Gasteiger partial charge on any atom is -0.383 e. The Bertz CT molecular complexity index is 532. The number of nitrogens with one attached hydrogen (secondary N) is 1. The molecule has 0 radical (unpaired) electrons. The molecule has 0 aromatic carbocycles. The Morgan fingerprint density at radius 3 is 2.71 bits per heavy atom. The molecule has 21 heavy (non-hydrogen) atoms.